The summed E-state index contributed by atoms with van der Waals surface area (Å²) in [4.78, 5) is 4.33. The summed E-state index contributed by atoms with van der Waals surface area (Å²) in [5, 5.41) is 7.28. The highest BCUT2D eigenvalue weighted by Gasteiger charge is 2.08. The molecule has 20 heavy (non-hydrogen) atoms. The number of benzene rings is 1. The van der Waals surface area contributed by atoms with Crippen LogP contribution >= 0.6 is 0 Å². The number of nitrogens with one attached hydrogen (secondary N) is 1. The molecule has 0 spiro atoms. The molecule has 108 valence electrons. The summed E-state index contributed by atoms with van der Waals surface area (Å²) >= 11 is 0. The number of aromatic nitrogens is 2. The van der Waals surface area contributed by atoms with E-state index in [-0.39, 0.29) is 0 Å². The average Bonchev–Trinajstić information content (AvgIpc) is 2.92. The molecule has 1 unspecified atom stereocenters. The van der Waals surface area contributed by atoms with Crippen molar-refractivity contribution < 1.29 is 9.26 Å². The lowest BCUT2D eigenvalue weighted by atomic mass is 10.2. The molecule has 1 aromatic heterocycles. The molecule has 1 atom stereocenters. The van der Waals surface area contributed by atoms with Gasteiger partial charge in [-0.25, -0.2) is 0 Å². The van der Waals surface area contributed by atoms with Crippen molar-refractivity contribution in [1.82, 2.24) is 15.5 Å². The highest BCUT2D eigenvalue weighted by Crippen LogP contribution is 2.11. The summed E-state index contributed by atoms with van der Waals surface area (Å²) in [5.41, 5.74) is 0. The lowest BCUT2D eigenvalue weighted by molar-refractivity contribution is 0.284. The predicted molar refractivity (Wildman–Crippen MR) is 76.5 cm³/mol. The van der Waals surface area contributed by atoms with Crippen molar-refractivity contribution in [2.24, 2.45) is 0 Å². The van der Waals surface area contributed by atoms with Gasteiger partial charge >= 0.3 is 0 Å². The molecule has 0 amide bonds. The smallest absolute Gasteiger partial charge is 0.226 e. The van der Waals surface area contributed by atoms with Gasteiger partial charge in [0, 0.05) is 12.5 Å². The third-order valence-corrected chi connectivity index (χ3v) is 2.97. The SMILES string of the molecule is CCNC(C)CCc1nc(COc2ccccc2)no1. The Morgan fingerprint density at radius 3 is 2.85 bits per heavy atom. The van der Waals surface area contributed by atoms with Crippen LogP contribution in [0.3, 0.4) is 0 Å². The number of rotatable bonds is 8. The second-order valence-electron chi connectivity index (χ2n) is 4.70. The van der Waals surface area contributed by atoms with Crippen LogP contribution in [-0.4, -0.2) is 22.7 Å². The van der Waals surface area contributed by atoms with E-state index < -0.39 is 0 Å². The molecule has 5 heteroatoms. The predicted octanol–water partition coefficient (Wildman–Crippen LogP) is 2.58. The maximum absolute atomic E-state index is 5.57. The van der Waals surface area contributed by atoms with E-state index in [9.17, 15) is 0 Å². The molecule has 2 aromatic rings. The monoisotopic (exact) mass is 275 g/mol. The van der Waals surface area contributed by atoms with E-state index >= 15 is 0 Å². The fourth-order valence-electron chi connectivity index (χ4n) is 1.91. The van der Waals surface area contributed by atoms with Gasteiger partial charge in [-0.15, -0.1) is 0 Å². The first-order valence-electron chi connectivity index (χ1n) is 7.00. The van der Waals surface area contributed by atoms with Gasteiger partial charge in [-0.1, -0.05) is 30.3 Å². The molecule has 0 aliphatic carbocycles. The minimum absolute atomic E-state index is 0.330. The zero-order chi connectivity index (χ0) is 14.2. The van der Waals surface area contributed by atoms with Crippen LogP contribution in [-0.2, 0) is 13.0 Å². The molecule has 1 heterocycles. The van der Waals surface area contributed by atoms with Crippen LogP contribution in [0.25, 0.3) is 0 Å². The molecule has 0 saturated heterocycles. The maximum Gasteiger partial charge on any atom is 0.226 e. The number of nitrogens with zero attached hydrogens (tertiary/aromatic N) is 2. The van der Waals surface area contributed by atoms with Gasteiger partial charge in [0.1, 0.15) is 5.75 Å². The van der Waals surface area contributed by atoms with E-state index in [0.717, 1.165) is 25.1 Å². The van der Waals surface area contributed by atoms with Crippen molar-refractivity contribution in [2.45, 2.75) is 39.3 Å². The topological polar surface area (TPSA) is 60.2 Å². The van der Waals surface area contributed by atoms with Gasteiger partial charge in [0.25, 0.3) is 0 Å². The molecule has 2 rings (SSSR count). The van der Waals surface area contributed by atoms with Crippen LogP contribution in [0.4, 0.5) is 0 Å². The quantitative estimate of drug-likeness (QED) is 0.802. The van der Waals surface area contributed by atoms with E-state index in [1.165, 1.54) is 0 Å². The van der Waals surface area contributed by atoms with Gasteiger partial charge in [0.2, 0.25) is 11.7 Å². The first-order valence-corrected chi connectivity index (χ1v) is 7.00. The Kier molecular flexibility index (Phi) is 5.55. The zero-order valence-corrected chi connectivity index (χ0v) is 12.0. The van der Waals surface area contributed by atoms with Gasteiger partial charge in [-0.3, -0.25) is 0 Å². The van der Waals surface area contributed by atoms with E-state index in [1.807, 2.05) is 30.3 Å². The van der Waals surface area contributed by atoms with Crippen molar-refractivity contribution in [1.29, 1.82) is 0 Å². The van der Waals surface area contributed by atoms with E-state index in [4.69, 9.17) is 9.26 Å². The molecular weight excluding hydrogens is 254 g/mol. The normalized spacial score (nSPS) is 12.3. The van der Waals surface area contributed by atoms with Gasteiger partial charge in [-0.05, 0) is 32.0 Å². The summed E-state index contributed by atoms with van der Waals surface area (Å²) < 4.78 is 10.8. The van der Waals surface area contributed by atoms with Crippen LogP contribution < -0.4 is 10.1 Å². The molecule has 1 N–H and O–H groups in total. The lowest BCUT2D eigenvalue weighted by Crippen LogP contribution is -2.25. The Morgan fingerprint density at radius 2 is 2.10 bits per heavy atom. The molecule has 1 aromatic carbocycles. The minimum atomic E-state index is 0.330. The van der Waals surface area contributed by atoms with Crippen LogP contribution in [0, 0.1) is 0 Å². The Bertz CT molecular complexity index is 499. The largest absolute Gasteiger partial charge is 0.485 e. The van der Waals surface area contributed by atoms with Gasteiger partial charge in [-0.2, -0.15) is 4.98 Å². The molecular formula is C15H21N3O2. The lowest BCUT2D eigenvalue weighted by Gasteiger charge is -2.09. The van der Waals surface area contributed by atoms with Crippen LogP contribution in [0.1, 0.15) is 32.0 Å². The van der Waals surface area contributed by atoms with Crippen molar-refractivity contribution in [3.63, 3.8) is 0 Å². The maximum atomic E-state index is 5.57. The number of aryl methyl sites for hydroxylation is 1. The first-order chi connectivity index (χ1) is 9.78. The van der Waals surface area contributed by atoms with E-state index in [1.54, 1.807) is 0 Å². The number of hydrogen-bond donors (Lipinski definition) is 1. The van der Waals surface area contributed by atoms with Crippen LogP contribution in [0.2, 0.25) is 0 Å². The summed E-state index contributed by atoms with van der Waals surface area (Å²) in [6.07, 6.45) is 1.77. The van der Waals surface area contributed by atoms with Crippen molar-refractivity contribution in [3.8, 4) is 5.75 Å². The molecule has 0 aliphatic heterocycles. The zero-order valence-electron chi connectivity index (χ0n) is 12.0. The van der Waals surface area contributed by atoms with Crippen molar-refractivity contribution >= 4 is 0 Å². The number of hydrogen-bond acceptors (Lipinski definition) is 5. The molecule has 0 radical (unpaired) electrons. The highest BCUT2D eigenvalue weighted by molar-refractivity contribution is 5.20. The van der Waals surface area contributed by atoms with Gasteiger partial charge < -0.3 is 14.6 Å². The minimum Gasteiger partial charge on any atom is -0.485 e. The Morgan fingerprint density at radius 1 is 1.30 bits per heavy atom. The number of para-hydroxylation sites is 1. The summed E-state index contributed by atoms with van der Waals surface area (Å²) in [6.45, 7) is 5.55. The van der Waals surface area contributed by atoms with Crippen molar-refractivity contribution in [2.75, 3.05) is 6.54 Å². The molecule has 0 bridgehead atoms. The molecule has 0 fully saturated rings. The third kappa shape index (κ3) is 4.66. The standard InChI is InChI=1S/C15H21N3O2/c1-3-16-12(2)9-10-15-17-14(18-20-15)11-19-13-7-5-4-6-8-13/h4-8,12,16H,3,9-11H2,1-2H3. The summed E-state index contributed by atoms with van der Waals surface area (Å²) in [6, 6.07) is 10.1. The van der Waals surface area contributed by atoms with Crippen LogP contribution in [0.5, 0.6) is 5.75 Å². The van der Waals surface area contributed by atoms with E-state index in [2.05, 4.69) is 29.3 Å². The Hall–Kier alpha value is -1.88. The second-order valence-corrected chi connectivity index (χ2v) is 4.70. The first kappa shape index (κ1) is 14.5. The average molecular weight is 275 g/mol. The molecule has 0 aliphatic rings. The fraction of sp³-hybridized carbons (Fsp3) is 0.467. The molecule has 5 nitrogen and oxygen atoms in total. The summed E-state index contributed by atoms with van der Waals surface area (Å²) in [7, 11) is 0. The Labute approximate surface area is 119 Å². The number of ether oxygens (including phenoxy) is 1. The molecule has 0 saturated carbocycles. The van der Waals surface area contributed by atoms with Crippen LogP contribution in [0.15, 0.2) is 34.9 Å². The fourth-order valence-corrected chi connectivity index (χ4v) is 1.91. The van der Waals surface area contributed by atoms with E-state index in [0.29, 0.717) is 24.4 Å². The summed E-state index contributed by atoms with van der Waals surface area (Å²) in [5.74, 6) is 2.06. The van der Waals surface area contributed by atoms with Crippen molar-refractivity contribution in [3.05, 3.63) is 42.0 Å². The highest BCUT2D eigenvalue weighted by atomic mass is 16.5. The Balaban J connectivity index is 1.77. The van der Waals surface area contributed by atoms with Gasteiger partial charge in [0.15, 0.2) is 6.61 Å². The second kappa shape index (κ2) is 7.65. The van der Waals surface area contributed by atoms with Gasteiger partial charge in [0.05, 0.1) is 0 Å². The third-order valence-electron chi connectivity index (χ3n) is 2.97.